The number of carbonyl (C=O) groups is 1. The summed E-state index contributed by atoms with van der Waals surface area (Å²) < 4.78 is -0.287. The summed E-state index contributed by atoms with van der Waals surface area (Å²) in [4.78, 5) is 11.6. The van der Waals surface area contributed by atoms with E-state index in [1.165, 1.54) is 12.1 Å². The van der Waals surface area contributed by atoms with Crippen molar-refractivity contribution in [3.8, 4) is 6.07 Å². The average molecular weight is 276 g/mol. The Morgan fingerprint density at radius 2 is 1.81 bits per heavy atom. The minimum atomic E-state index is -0.480. The lowest BCUT2D eigenvalue weighted by Crippen LogP contribution is -2.22. The molecule has 0 saturated carbocycles. The van der Waals surface area contributed by atoms with E-state index >= 15 is 0 Å². The molecule has 1 amide bonds. The minimum absolute atomic E-state index is 0.191. The van der Waals surface area contributed by atoms with Gasteiger partial charge in [0.25, 0.3) is 5.91 Å². The molecule has 0 aliphatic heterocycles. The lowest BCUT2D eigenvalue weighted by Gasteiger charge is -2.03. The van der Waals surface area contributed by atoms with Gasteiger partial charge < -0.3 is 5.32 Å². The average Bonchev–Trinajstić information content (AvgIpc) is 2.26. The number of benzene rings is 1. The summed E-state index contributed by atoms with van der Waals surface area (Å²) in [6.45, 7) is 0. The maximum Gasteiger partial charge on any atom is 0.256 e. The molecule has 82 valence electrons. The van der Waals surface area contributed by atoms with Crippen molar-refractivity contribution in [1.82, 2.24) is 5.32 Å². The second-order valence-corrected chi connectivity index (χ2v) is 4.09. The first kappa shape index (κ1) is 12.9. The van der Waals surface area contributed by atoms with E-state index in [4.69, 9.17) is 40.1 Å². The van der Waals surface area contributed by atoms with Crippen LogP contribution in [0.2, 0.25) is 5.02 Å². The maximum atomic E-state index is 11.6. The highest BCUT2D eigenvalue weighted by Crippen LogP contribution is 2.13. The van der Waals surface area contributed by atoms with Crippen molar-refractivity contribution >= 4 is 40.7 Å². The Kier molecular flexibility index (Phi) is 4.63. The van der Waals surface area contributed by atoms with Gasteiger partial charge in [0.1, 0.15) is 10.6 Å². The molecule has 1 aromatic carbocycles. The number of rotatable bonds is 2. The quantitative estimate of drug-likeness (QED) is 0.842. The summed E-state index contributed by atoms with van der Waals surface area (Å²) in [5.41, 5.74) is 0.162. The molecule has 0 saturated heterocycles. The van der Waals surface area contributed by atoms with Crippen LogP contribution in [-0.4, -0.2) is 5.91 Å². The fourth-order valence-electron chi connectivity index (χ4n) is 0.904. The van der Waals surface area contributed by atoms with Gasteiger partial charge in [0.2, 0.25) is 0 Å². The zero-order chi connectivity index (χ0) is 12.1. The van der Waals surface area contributed by atoms with Crippen molar-refractivity contribution < 1.29 is 4.79 Å². The summed E-state index contributed by atoms with van der Waals surface area (Å²) >= 11 is 16.4. The number of amides is 1. The molecule has 0 bridgehead atoms. The molecule has 3 nitrogen and oxygen atoms in total. The van der Waals surface area contributed by atoms with E-state index in [1.807, 2.05) is 0 Å². The summed E-state index contributed by atoms with van der Waals surface area (Å²) in [5, 5.41) is 11.4. The molecule has 1 rings (SSSR count). The first-order chi connectivity index (χ1) is 7.54. The first-order valence-corrected chi connectivity index (χ1v) is 5.20. The van der Waals surface area contributed by atoms with Crippen LogP contribution >= 0.6 is 34.8 Å². The maximum absolute atomic E-state index is 11.6. The van der Waals surface area contributed by atoms with Gasteiger partial charge in [-0.2, -0.15) is 5.26 Å². The van der Waals surface area contributed by atoms with Crippen LogP contribution in [-0.2, 0) is 0 Å². The third-order valence-electron chi connectivity index (χ3n) is 1.65. The van der Waals surface area contributed by atoms with Gasteiger partial charge in [-0.15, -0.1) is 0 Å². The van der Waals surface area contributed by atoms with Crippen molar-refractivity contribution in [3.05, 3.63) is 45.0 Å². The molecular formula is C10H5Cl3N2O. The Morgan fingerprint density at radius 3 is 2.25 bits per heavy atom. The number of hydrogen-bond donors (Lipinski definition) is 1. The van der Waals surface area contributed by atoms with Gasteiger partial charge >= 0.3 is 0 Å². The van der Waals surface area contributed by atoms with E-state index in [-0.39, 0.29) is 10.2 Å². The fraction of sp³-hybridized carbons (Fsp3) is 0. The molecule has 0 atom stereocenters. The zero-order valence-electron chi connectivity index (χ0n) is 7.80. The van der Waals surface area contributed by atoms with E-state index in [0.29, 0.717) is 10.6 Å². The molecule has 0 aliphatic rings. The molecule has 0 aromatic heterocycles. The number of nitrogens with one attached hydrogen (secondary N) is 1. The van der Waals surface area contributed by atoms with Crippen LogP contribution < -0.4 is 5.32 Å². The second-order valence-electron chi connectivity index (χ2n) is 2.71. The Hall–Kier alpha value is -1.21. The monoisotopic (exact) mass is 274 g/mol. The largest absolute Gasteiger partial charge is 0.311 e. The van der Waals surface area contributed by atoms with Crippen molar-refractivity contribution in [2.45, 2.75) is 0 Å². The molecule has 0 spiro atoms. The summed E-state index contributed by atoms with van der Waals surface area (Å²) in [7, 11) is 0. The molecular weight excluding hydrogens is 270 g/mol. The number of halogens is 3. The van der Waals surface area contributed by atoms with Crippen LogP contribution in [0, 0.1) is 11.3 Å². The van der Waals surface area contributed by atoms with Crippen LogP contribution in [0.5, 0.6) is 0 Å². The van der Waals surface area contributed by atoms with Gasteiger partial charge in [-0.1, -0.05) is 34.8 Å². The lowest BCUT2D eigenvalue weighted by molar-refractivity contribution is 0.0967. The number of nitrogens with zero attached hydrogens (tertiary/aromatic N) is 1. The van der Waals surface area contributed by atoms with Crippen molar-refractivity contribution in [3.63, 3.8) is 0 Å². The topological polar surface area (TPSA) is 52.9 Å². The molecule has 0 fully saturated rings. The van der Waals surface area contributed by atoms with Crippen LogP contribution in [0.15, 0.2) is 34.5 Å². The smallest absolute Gasteiger partial charge is 0.256 e. The number of nitriles is 1. The highest BCUT2D eigenvalue weighted by atomic mass is 35.5. The predicted octanol–water partition coefficient (Wildman–Crippen LogP) is 3.24. The van der Waals surface area contributed by atoms with Gasteiger partial charge in [0.05, 0.1) is 0 Å². The standard InChI is InChI=1S/C10H5Cl3N2O/c11-7-3-1-6(2-4-7)10(16)15-8(5-14)9(12)13/h1-4H,(H,15,16). The zero-order valence-corrected chi connectivity index (χ0v) is 10.1. The third-order valence-corrected chi connectivity index (χ3v) is 2.28. The molecule has 0 radical (unpaired) electrons. The Balaban J connectivity index is 2.85. The Labute approximate surface area is 107 Å². The van der Waals surface area contributed by atoms with Gasteiger partial charge in [0.15, 0.2) is 5.70 Å². The number of allylic oxidation sites excluding steroid dienone is 1. The van der Waals surface area contributed by atoms with Crippen LogP contribution in [0.3, 0.4) is 0 Å². The molecule has 0 unspecified atom stereocenters. The number of carbonyl (C=O) groups excluding carboxylic acids is 1. The van der Waals surface area contributed by atoms with E-state index in [9.17, 15) is 4.79 Å². The van der Waals surface area contributed by atoms with E-state index in [1.54, 1.807) is 18.2 Å². The first-order valence-electron chi connectivity index (χ1n) is 4.07. The van der Waals surface area contributed by atoms with E-state index in [0.717, 1.165) is 0 Å². The summed E-state index contributed by atoms with van der Waals surface area (Å²) in [6, 6.07) is 7.84. The van der Waals surface area contributed by atoms with E-state index in [2.05, 4.69) is 5.32 Å². The van der Waals surface area contributed by atoms with Gasteiger partial charge in [-0.3, -0.25) is 4.79 Å². The van der Waals surface area contributed by atoms with Crippen LogP contribution in [0.1, 0.15) is 10.4 Å². The van der Waals surface area contributed by atoms with E-state index < -0.39 is 5.91 Å². The molecule has 1 N–H and O–H groups in total. The summed E-state index contributed by atoms with van der Waals surface area (Å²) in [5.74, 6) is -0.480. The molecule has 0 heterocycles. The molecule has 6 heteroatoms. The fourth-order valence-corrected chi connectivity index (χ4v) is 1.21. The Bertz CT molecular complexity index is 470. The van der Waals surface area contributed by atoms with Crippen molar-refractivity contribution in [2.24, 2.45) is 0 Å². The second kappa shape index (κ2) is 5.76. The summed E-state index contributed by atoms with van der Waals surface area (Å²) in [6.07, 6.45) is 0. The third kappa shape index (κ3) is 3.42. The van der Waals surface area contributed by atoms with Gasteiger partial charge in [-0.25, -0.2) is 0 Å². The highest BCUT2D eigenvalue weighted by molar-refractivity contribution is 6.56. The minimum Gasteiger partial charge on any atom is -0.311 e. The van der Waals surface area contributed by atoms with Crippen molar-refractivity contribution in [1.29, 1.82) is 5.26 Å². The van der Waals surface area contributed by atoms with Crippen molar-refractivity contribution in [2.75, 3.05) is 0 Å². The molecule has 16 heavy (non-hydrogen) atoms. The van der Waals surface area contributed by atoms with Crippen LogP contribution in [0.4, 0.5) is 0 Å². The van der Waals surface area contributed by atoms with Gasteiger partial charge in [0, 0.05) is 10.6 Å². The normalized spacial score (nSPS) is 9.12. The lowest BCUT2D eigenvalue weighted by atomic mass is 10.2. The predicted molar refractivity (Wildman–Crippen MR) is 63.3 cm³/mol. The molecule has 0 aliphatic carbocycles. The Morgan fingerprint density at radius 1 is 1.25 bits per heavy atom. The molecule has 1 aromatic rings. The number of hydrogen-bond acceptors (Lipinski definition) is 2. The SMILES string of the molecule is N#CC(NC(=O)c1ccc(Cl)cc1)=C(Cl)Cl. The van der Waals surface area contributed by atoms with Crippen LogP contribution in [0.25, 0.3) is 0 Å². The van der Waals surface area contributed by atoms with Gasteiger partial charge in [-0.05, 0) is 24.3 Å². The highest BCUT2D eigenvalue weighted by Gasteiger charge is 2.09.